The number of nitrogens with one attached hydrogen (secondary N) is 2. The quantitative estimate of drug-likeness (QED) is 0.820. The molecule has 1 amide bonds. The Hall–Kier alpha value is -1.43. The molecule has 0 radical (unpaired) electrons. The number of nitriles is 1. The summed E-state index contributed by atoms with van der Waals surface area (Å²) in [6, 6.07) is 4.57. The number of carbonyl (C=O) groups is 1. The highest BCUT2D eigenvalue weighted by Gasteiger charge is 2.18. The Balaban J connectivity index is 2.66. The average molecular weight is 287 g/mol. The highest BCUT2D eigenvalue weighted by atomic mass is 32.2. The van der Waals surface area contributed by atoms with Crippen molar-refractivity contribution >= 4 is 27.3 Å². The van der Waals surface area contributed by atoms with E-state index >= 15 is 0 Å². The van der Waals surface area contributed by atoms with E-state index in [-0.39, 0.29) is 16.8 Å². The van der Waals surface area contributed by atoms with E-state index in [2.05, 4.69) is 10.0 Å². The molecule has 0 atom stereocenters. The van der Waals surface area contributed by atoms with Crippen molar-refractivity contribution in [2.75, 3.05) is 6.54 Å². The van der Waals surface area contributed by atoms with E-state index in [0.717, 1.165) is 11.3 Å². The fourth-order valence-corrected chi connectivity index (χ4v) is 3.26. The van der Waals surface area contributed by atoms with Gasteiger partial charge in [0.05, 0.1) is 6.54 Å². The van der Waals surface area contributed by atoms with Crippen LogP contribution in [0.25, 0.3) is 0 Å². The van der Waals surface area contributed by atoms with E-state index in [1.165, 1.54) is 12.1 Å². The number of thiophene rings is 1. The first kappa shape index (κ1) is 14.6. The minimum absolute atomic E-state index is 0.0244. The average Bonchev–Trinajstić information content (AvgIpc) is 2.75. The van der Waals surface area contributed by atoms with Gasteiger partial charge in [-0.3, -0.25) is 4.79 Å². The van der Waals surface area contributed by atoms with Crippen LogP contribution in [0, 0.1) is 11.3 Å². The standard InChI is InChI=1S/C10H13N3O3S2/c1-7(2)13-9(14)6-12-18(15,16)10-4-3-8(5-11)17-10/h3-4,7,12H,6H2,1-2H3,(H,13,14). The minimum atomic E-state index is -3.72. The molecule has 2 N–H and O–H groups in total. The first-order chi connectivity index (χ1) is 8.35. The second-order valence-electron chi connectivity index (χ2n) is 3.78. The fraction of sp³-hybridized carbons (Fsp3) is 0.400. The number of carbonyl (C=O) groups excluding carboxylic acids is 1. The van der Waals surface area contributed by atoms with Crippen LogP contribution in [0.15, 0.2) is 16.3 Å². The van der Waals surface area contributed by atoms with Crippen LogP contribution in [0.4, 0.5) is 0 Å². The fourth-order valence-electron chi connectivity index (χ4n) is 1.13. The van der Waals surface area contributed by atoms with Gasteiger partial charge in [0.2, 0.25) is 5.91 Å². The molecule has 0 aliphatic carbocycles. The van der Waals surface area contributed by atoms with Gasteiger partial charge < -0.3 is 5.32 Å². The molecular weight excluding hydrogens is 274 g/mol. The number of rotatable bonds is 5. The third kappa shape index (κ3) is 4.10. The van der Waals surface area contributed by atoms with E-state index in [1.807, 2.05) is 6.07 Å². The van der Waals surface area contributed by atoms with Gasteiger partial charge >= 0.3 is 0 Å². The monoisotopic (exact) mass is 287 g/mol. The third-order valence-corrected chi connectivity index (χ3v) is 4.71. The molecule has 0 saturated heterocycles. The molecule has 0 spiro atoms. The van der Waals surface area contributed by atoms with Gasteiger partial charge in [-0.15, -0.1) is 11.3 Å². The van der Waals surface area contributed by atoms with Gasteiger partial charge in [-0.05, 0) is 26.0 Å². The Labute approximate surface area is 110 Å². The molecule has 0 saturated carbocycles. The summed E-state index contributed by atoms with van der Waals surface area (Å²) in [5, 5.41) is 11.2. The molecule has 6 nitrogen and oxygen atoms in total. The maximum Gasteiger partial charge on any atom is 0.250 e. The third-order valence-electron chi connectivity index (χ3n) is 1.83. The molecule has 1 aromatic rings. The predicted octanol–water partition coefficient (Wildman–Crippen LogP) is 0.423. The number of sulfonamides is 1. The molecule has 8 heteroatoms. The van der Waals surface area contributed by atoms with Crippen molar-refractivity contribution in [2.45, 2.75) is 24.1 Å². The van der Waals surface area contributed by atoms with Crippen LogP contribution in [0.5, 0.6) is 0 Å². The first-order valence-electron chi connectivity index (χ1n) is 5.14. The van der Waals surface area contributed by atoms with Gasteiger partial charge in [0, 0.05) is 6.04 Å². The zero-order valence-electron chi connectivity index (χ0n) is 9.93. The van der Waals surface area contributed by atoms with Crippen LogP contribution >= 0.6 is 11.3 Å². The summed E-state index contributed by atoms with van der Waals surface area (Å²) >= 11 is 0.862. The molecule has 0 unspecified atom stereocenters. The zero-order chi connectivity index (χ0) is 13.8. The second-order valence-corrected chi connectivity index (χ2v) is 6.85. The van der Waals surface area contributed by atoms with Gasteiger partial charge in [0.15, 0.2) is 0 Å². The lowest BCUT2D eigenvalue weighted by molar-refractivity contribution is -0.120. The maximum atomic E-state index is 11.8. The largest absolute Gasteiger partial charge is 0.353 e. The lowest BCUT2D eigenvalue weighted by Gasteiger charge is -2.08. The molecule has 98 valence electrons. The SMILES string of the molecule is CC(C)NC(=O)CNS(=O)(=O)c1ccc(C#N)s1. The molecule has 0 aliphatic heterocycles. The summed E-state index contributed by atoms with van der Waals surface area (Å²) in [5.41, 5.74) is 0. The highest BCUT2D eigenvalue weighted by molar-refractivity contribution is 7.91. The van der Waals surface area contributed by atoms with Crippen molar-refractivity contribution in [3.8, 4) is 6.07 Å². The van der Waals surface area contributed by atoms with E-state index in [4.69, 9.17) is 5.26 Å². The summed E-state index contributed by atoms with van der Waals surface area (Å²) in [7, 11) is -3.72. The summed E-state index contributed by atoms with van der Waals surface area (Å²) < 4.78 is 25.7. The van der Waals surface area contributed by atoms with Crippen LogP contribution in [-0.2, 0) is 14.8 Å². The Morgan fingerprint density at radius 2 is 2.17 bits per heavy atom. The Kier molecular flexibility index (Phi) is 4.84. The highest BCUT2D eigenvalue weighted by Crippen LogP contribution is 2.20. The molecule has 0 bridgehead atoms. The van der Waals surface area contributed by atoms with Gasteiger partial charge in [-0.25, -0.2) is 13.1 Å². The molecule has 1 aromatic heterocycles. The summed E-state index contributed by atoms with van der Waals surface area (Å²) in [5.74, 6) is -0.398. The molecular formula is C10H13N3O3S2. The van der Waals surface area contributed by atoms with E-state index < -0.39 is 15.9 Å². The zero-order valence-corrected chi connectivity index (χ0v) is 11.6. The summed E-state index contributed by atoms with van der Waals surface area (Å²) in [4.78, 5) is 11.6. The van der Waals surface area contributed by atoms with E-state index in [9.17, 15) is 13.2 Å². The van der Waals surface area contributed by atoms with Crippen molar-refractivity contribution < 1.29 is 13.2 Å². The second kappa shape index (κ2) is 5.95. The Bertz CT molecular complexity index is 569. The molecule has 18 heavy (non-hydrogen) atoms. The van der Waals surface area contributed by atoms with Crippen molar-refractivity contribution in [1.82, 2.24) is 10.0 Å². The Morgan fingerprint density at radius 1 is 1.50 bits per heavy atom. The topological polar surface area (TPSA) is 99.1 Å². The van der Waals surface area contributed by atoms with Gasteiger partial charge in [-0.1, -0.05) is 0 Å². The molecule has 0 aliphatic rings. The van der Waals surface area contributed by atoms with Crippen molar-refractivity contribution in [3.05, 3.63) is 17.0 Å². The number of hydrogen-bond acceptors (Lipinski definition) is 5. The summed E-state index contributed by atoms with van der Waals surface area (Å²) in [6.45, 7) is 3.25. The van der Waals surface area contributed by atoms with Crippen LogP contribution in [0.2, 0.25) is 0 Å². The summed E-state index contributed by atoms with van der Waals surface area (Å²) in [6.07, 6.45) is 0. The number of nitrogens with zero attached hydrogens (tertiary/aromatic N) is 1. The lowest BCUT2D eigenvalue weighted by atomic mass is 10.4. The van der Waals surface area contributed by atoms with Crippen LogP contribution < -0.4 is 10.0 Å². The van der Waals surface area contributed by atoms with Crippen LogP contribution in [0.3, 0.4) is 0 Å². The van der Waals surface area contributed by atoms with Crippen LogP contribution in [-0.4, -0.2) is 26.9 Å². The van der Waals surface area contributed by atoms with Gasteiger partial charge in [-0.2, -0.15) is 5.26 Å². The smallest absolute Gasteiger partial charge is 0.250 e. The normalized spacial score (nSPS) is 11.2. The number of hydrogen-bond donors (Lipinski definition) is 2. The van der Waals surface area contributed by atoms with Gasteiger partial charge in [0.25, 0.3) is 10.0 Å². The Morgan fingerprint density at radius 3 is 2.67 bits per heavy atom. The maximum absolute atomic E-state index is 11.8. The van der Waals surface area contributed by atoms with E-state index in [1.54, 1.807) is 13.8 Å². The van der Waals surface area contributed by atoms with Crippen molar-refractivity contribution in [3.63, 3.8) is 0 Å². The lowest BCUT2D eigenvalue weighted by Crippen LogP contribution is -2.39. The van der Waals surface area contributed by atoms with Gasteiger partial charge in [0.1, 0.15) is 15.2 Å². The first-order valence-corrected chi connectivity index (χ1v) is 7.44. The predicted molar refractivity (Wildman–Crippen MR) is 67.5 cm³/mol. The minimum Gasteiger partial charge on any atom is -0.353 e. The number of amides is 1. The van der Waals surface area contributed by atoms with E-state index in [0.29, 0.717) is 4.88 Å². The van der Waals surface area contributed by atoms with Crippen LogP contribution in [0.1, 0.15) is 18.7 Å². The molecule has 1 rings (SSSR count). The molecule has 1 heterocycles. The van der Waals surface area contributed by atoms with Crippen molar-refractivity contribution in [1.29, 1.82) is 5.26 Å². The molecule has 0 aromatic carbocycles. The van der Waals surface area contributed by atoms with Crippen molar-refractivity contribution in [2.24, 2.45) is 0 Å². The molecule has 0 fully saturated rings.